The van der Waals surface area contributed by atoms with Crippen LogP contribution in [0.5, 0.6) is 5.88 Å². The lowest BCUT2D eigenvalue weighted by Gasteiger charge is -2.31. The molecule has 27 heavy (non-hydrogen) atoms. The number of carbonyl (C=O) groups excluding carboxylic acids is 1. The van der Waals surface area contributed by atoms with Crippen LogP contribution >= 0.6 is 0 Å². The Labute approximate surface area is 158 Å². The van der Waals surface area contributed by atoms with Gasteiger partial charge in [0, 0.05) is 37.3 Å². The molecule has 7 heteroatoms. The summed E-state index contributed by atoms with van der Waals surface area (Å²) in [5.74, 6) is 0.975. The van der Waals surface area contributed by atoms with Crippen molar-refractivity contribution >= 4 is 11.9 Å². The van der Waals surface area contributed by atoms with Gasteiger partial charge in [-0.2, -0.15) is 4.98 Å². The molecule has 3 rings (SSSR count). The minimum atomic E-state index is -0.275. The van der Waals surface area contributed by atoms with Crippen molar-refractivity contribution in [3.05, 3.63) is 47.4 Å². The summed E-state index contributed by atoms with van der Waals surface area (Å²) < 4.78 is 18.4. The molecule has 2 aromatic rings. The molecule has 6 nitrogen and oxygen atoms in total. The van der Waals surface area contributed by atoms with E-state index in [0.29, 0.717) is 25.0 Å². The fourth-order valence-electron chi connectivity index (χ4n) is 3.17. The average Bonchev–Trinajstić information content (AvgIpc) is 2.67. The van der Waals surface area contributed by atoms with E-state index in [4.69, 9.17) is 4.74 Å². The van der Waals surface area contributed by atoms with Gasteiger partial charge in [0.05, 0.1) is 6.61 Å². The van der Waals surface area contributed by atoms with Crippen molar-refractivity contribution in [3.63, 3.8) is 0 Å². The first-order chi connectivity index (χ1) is 13.0. The highest BCUT2D eigenvalue weighted by molar-refractivity contribution is 5.78. The Hall–Kier alpha value is -2.70. The van der Waals surface area contributed by atoms with Crippen LogP contribution < -0.4 is 15.0 Å². The van der Waals surface area contributed by atoms with Gasteiger partial charge in [0.2, 0.25) is 17.7 Å². The minimum Gasteiger partial charge on any atom is -0.478 e. The van der Waals surface area contributed by atoms with E-state index in [9.17, 15) is 9.18 Å². The first kappa shape index (κ1) is 19.1. The number of piperidine rings is 1. The molecule has 1 fully saturated rings. The van der Waals surface area contributed by atoms with Crippen molar-refractivity contribution in [3.8, 4) is 5.88 Å². The first-order valence-electron chi connectivity index (χ1n) is 9.30. The fraction of sp³-hybridized carbons (Fsp3) is 0.450. The summed E-state index contributed by atoms with van der Waals surface area (Å²) in [5, 5.41) is 2.95. The topological polar surface area (TPSA) is 67.3 Å². The second-order valence-corrected chi connectivity index (χ2v) is 6.69. The molecule has 1 aliphatic heterocycles. The van der Waals surface area contributed by atoms with E-state index in [1.165, 1.54) is 12.1 Å². The molecule has 0 radical (unpaired) electrons. The van der Waals surface area contributed by atoms with E-state index in [-0.39, 0.29) is 17.6 Å². The van der Waals surface area contributed by atoms with Gasteiger partial charge >= 0.3 is 0 Å². The highest BCUT2D eigenvalue weighted by Gasteiger charge is 2.26. The molecule has 1 aromatic heterocycles. The molecule has 0 spiro atoms. The summed E-state index contributed by atoms with van der Waals surface area (Å²) >= 11 is 0. The van der Waals surface area contributed by atoms with Crippen LogP contribution in [0, 0.1) is 18.7 Å². The number of rotatable bonds is 6. The maximum Gasteiger partial charge on any atom is 0.228 e. The molecule has 1 amide bonds. The van der Waals surface area contributed by atoms with Gasteiger partial charge in [-0.25, -0.2) is 9.37 Å². The van der Waals surface area contributed by atoms with Crippen molar-refractivity contribution in [2.45, 2.75) is 33.2 Å². The van der Waals surface area contributed by atoms with Crippen molar-refractivity contribution in [1.29, 1.82) is 0 Å². The van der Waals surface area contributed by atoms with Crippen molar-refractivity contribution in [2.75, 3.05) is 24.6 Å². The molecule has 0 unspecified atom stereocenters. The summed E-state index contributed by atoms with van der Waals surface area (Å²) in [6.07, 6.45) is 1.49. The fourth-order valence-corrected chi connectivity index (χ4v) is 3.17. The van der Waals surface area contributed by atoms with Crippen LogP contribution in [0.2, 0.25) is 0 Å². The Bertz CT molecular complexity index is 774. The molecular weight excluding hydrogens is 347 g/mol. The van der Waals surface area contributed by atoms with Gasteiger partial charge in [-0.1, -0.05) is 12.1 Å². The third kappa shape index (κ3) is 5.15. The number of carbonyl (C=O) groups is 1. The standard InChI is InChI=1S/C20H25FN4O2/c1-3-27-18-12-14(2)23-20(24-18)25-10-8-16(9-11-25)19(26)22-13-15-4-6-17(21)7-5-15/h4-7,12,16H,3,8-11,13H2,1-2H3,(H,22,26). The number of halogens is 1. The zero-order valence-electron chi connectivity index (χ0n) is 15.7. The third-order valence-electron chi connectivity index (χ3n) is 4.64. The molecular formula is C20H25FN4O2. The molecule has 0 atom stereocenters. The number of aromatic nitrogens is 2. The molecule has 144 valence electrons. The third-order valence-corrected chi connectivity index (χ3v) is 4.64. The van der Waals surface area contributed by atoms with Gasteiger partial charge in [-0.15, -0.1) is 0 Å². The van der Waals surface area contributed by atoms with Crippen LogP contribution in [0.4, 0.5) is 10.3 Å². The predicted molar refractivity (Wildman–Crippen MR) is 101 cm³/mol. The lowest BCUT2D eigenvalue weighted by Crippen LogP contribution is -2.41. The van der Waals surface area contributed by atoms with E-state index in [1.807, 2.05) is 19.9 Å². The SMILES string of the molecule is CCOc1cc(C)nc(N2CCC(C(=O)NCc3ccc(F)cc3)CC2)n1. The Morgan fingerprint density at radius 2 is 1.96 bits per heavy atom. The number of benzene rings is 1. The summed E-state index contributed by atoms with van der Waals surface area (Å²) in [4.78, 5) is 23.5. The van der Waals surface area contributed by atoms with Crippen LogP contribution in [0.25, 0.3) is 0 Å². The maximum atomic E-state index is 12.9. The molecule has 1 saturated heterocycles. The van der Waals surface area contributed by atoms with E-state index < -0.39 is 0 Å². The predicted octanol–water partition coefficient (Wildman–Crippen LogP) is 2.86. The van der Waals surface area contributed by atoms with Crippen molar-refractivity contribution < 1.29 is 13.9 Å². The molecule has 0 saturated carbocycles. The zero-order valence-corrected chi connectivity index (χ0v) is 15.7. The normalized spacial score (nSPS) is 14.9. The average molecular weight is 372 g/mol. The van der Waals surface area contributed by atoms with Crippen molar-refractivity contribution in [2.24, 2.45) is 5.92 Å². The Morgan fingerprint density at radius 1 is 1.26 bits per heavy atom. The van der Waals surface area contributed by atoms with Crippen LogP contribution in [0.1, 0.15) is 31.0 Å². The highest BCUT2D eigenvalue weighted by atomic mass is 19.1. The van der Waals surface area contributed by atoms with Crippen LogP contribution in [-0.4, -0.2) is 35.6 Å². The minimum absolute atomic E-state index is 0.0298. The van der Waals surface area contributed by atoms with Gasteiger partial charge in [-0.05, 0) is 44.4 Å². The Morgan fingerprint density at radius 3 is 2.63 bits per heavy atom. The number of aryl methyl sites for hydroxylation is 1. The van der Waals surface area contributed by atoms with E-state index in [0.717, 1.165) is 37.2 Å². The monoisotopic (exact) mass is 372 g/mol. The van der Waals surface area contributed by atoms with Crippen LogP contribution in [-0.2, 0) is 11.3 Å². The highest BCUT2D eigenvalue weighted by Crippen LogP contribution is 2.23. The van der Waals surface area contributed by atoms with Crippen molar-refractivity contribution in [1.82, 2.24) is 15.3 Å². The summed E-state index contributed by atoms with van der Waals surface area (Å²) in [5.41, 5.74) is 1.75. The smallest absolute Gasteiger partial charge is 0.228 e. The van der Waals surface area contributed by atoms with Gasteiger partial charge in [0.1, 0.15) is 5.82 Å². The maximum absolute atomic E-state index is 12.9. The van der Waals surface area contributed by atoms with E-state index in [1.54, 1.807) is 12.1 Å². The number of hydrogen-bond acceptors (Lipinski definition) is 5. The largest absolute Gasteiger partial charge is 0.478 e. The van der Waals surface area contributed by atoms with Crippen LogP contribution in [0.15, 0.2) is 30.3 Å². The number of nitrogens with one attached hydrogen (secondary N) is 1. The molecule has 1 aromatic carbocycles. The summed E-state index contributed by atoms with van der Waals surface area (Å²) in [7, 11) is 0. The van der Waals surface area contributed by atoms with Crippen LogP contribution in [0.3, 0.4) is 0 Å². The Kier molecular flexibility index (Phi) is 6.21. The van der Waals surface area contributed by atoms with Gasteiger partial charge in [0.15, 0.2) is 0 Å². The second kappa shape index (κ2) is 8.79. The lowest BCUT2D eigenvalue weighted by atomic mass is 9.96. The first-order valence-corrected chi connectivity index (χ1v) is 9.30. The number of amides is 1. The van der Waals surface area contributed by atoms with E-state index in [2.05, 4.69) is 20.2 Å². The number of hydrogen-bond donors (Lipinski definition) is 1. The van der Waals surface area contributed by atoms with Gasteiger partial charge in [0.25, 0.3) is 0 Å². The molecule has 0 aliphatic carbocycles. The Balaban J connectivity index is 1.52. The van der Waals surface area contributed by atoms with E-state index >= 15 is 0 Å². The lowest BCUT2D eigenvalue weighted by molar-refractivity contribution is -0.125. The quantitative estimate of drug-likeness (QED) is 0.845. The molecule has 1 N–H and O–H groups in total. The number of anilines is 1. The zero-order chi connectivity index (χ0) is 19.2. The molecule has 0 bridgehead atoms. The molecule has 2 heterocycles. The summed E-state index contributed by atoms with van der Waals surface area (Å²) in [6, 6.07) is 7.99. The number of nitrogens with zero attached hydrogens (tertiary/aromatic N) is 3. The second-order valence-electron chi connectivity index (χ2n) is 6.69. The van der Waals surface area contributed by atoms with Gasteiger partial charge in [-0.3, -0.25) is 4.79 Å². The molecule has 1 aliphatic rings. The van der Waals surface area contributed by atoms with Gasteiger partial charge < -0.3 is 15.0 Å². The summed E-state index contributed by atoms with van der Waals surface area (Å²) in [6.45, 7) is 6.27. The number of ether oxygens (including phenoxy) is 1.